The van der Waals surface area contributed by atoms with Crippen molar-refractivity contribution in [3.8, 4) is 0 Å². The van der Waals surface area contributed by atoms with Crippen molar-refractivity contribution in [2.75, 3.05) is 24.5 Å². The molecule has 2 aliphatic heterocycles. The number of para-hydroxylation sites is 1. The van der Waals surface area contributed by atoms with Gasteiger partial charge in [0.15, 0.2) is 0 Å². The molecule has 1 aromatic carbocycles. The second-order valence-corrected chi connectivity index (χ2v) is 9.10. The molecule has 5 heteroatoms. The van der Waals surface area contributed by atoms with Gasteiger partial charge in [-0.05, 0) is 68.8 Å². The predicted octanol–water partition coefficient (Wildman–Crippen LogP) is 4.84. The molecule has 31 heavy (non-hydrogen) atoms. The molecule has 0 spiro atoms. The number of aromatic nitrogens is 3. The van der Waals surface area contributed by atoms with Gasteiger partial charge in [-0.1, -0.05) is 24.3 Å². The van der Waals surface area contributed by atoms with Crippen molar-refractivity contribution in [3.05, 3.63) is 78.1 Å². The highest BCUT2D eigenvalue weighted by Crippen LogP contribution is 2.33. The summed E-state index contributed by atoms with van der Waals surface area (Å²) in [5.41, 5.74) is 3.90. The van der Waals surface area contributed by atoms with Crippen LogP contribution in [0.1, 0.15) is 48.8 Å². The van der Waals surface area contributed by atoms with E-state index in [0.29, 0.717) is 6.04 Å². The van der Waals surface area contributed by atoms with Gasteiger partial charge in [-0.25, -0.2) is 4.98 Å². The van der Waals surface area contributed by atoms with E-state index in [9.17, 15) is 0 Å². The van der Waals surface area contributed by atoms with Crippen LogP contribution in [-0.4, -0.2) is 39.1 Å². The molecule has 0 saturated carbocycles. The maximum atomic E-state index is 4.75. The third-order valence-corrected chi connectivity index (χ3v) is 7.07. The SMILES string of the molecule is Cc1cccnc1C1CCCN1Cc1nccn1CC1CCN(c2ccccc2)CC1. The molecule has 3 aromatic rings. The maximum absolute atomic E-state index is 4.75. The molecule has 0 bridgehead atoms. The van der Waals surface area contributed by atoms with Gasteiger partial charge in [-0.3, -0.25) is 9.88 Å². The summed E-state index contributed by atoms with van der Waals surface area (Å²) in [4.78, 5) is 14.6. The Kier molecular flexibility index (Phi) is 6.03. The van der Waals surface area contributed by atoms with Gasteiger partial charge in [0.1, 0.15) is 5.82 Å². The summed E-state index contributed by atoms with van der Waals surface area (Å²) in [5, 5.41) is 0. The van der Waals surface area contributed by atoms with Crippen LogP contribution in [0.3, 0.4) is 0 Å². The molecule has 2 saturated heterocycles. The molecular formula is C26H33N5. The van der Waals surface area contributed by atoms with Crippen LogP contribution >= 0.6 is 0 Å². The van der Waals surface area contributed by atoms with Gasteiger partial charge in [-0.15, -0.1) is 0 Å². The minimum atomic E-state index is 0.417. The molecule has 2 fully saturated rings. The molecule has 2 aromatic heterocycles. The Morgan fingerprint density at radius 2 is 1.74 bits per heavy atom. The number of imidazole rings is 1. The van der Waals surface area contributed by atoms with E-state index in [0.717, 1.165) is 38.6 Å². The quantitative estimate of drug-likeness (QED) is 0.577. The topological polar surface area (TPSA) is 37.2 Å². The Morgan fingerprint density at radius 3 is 2.55 bits per heavy atom. The van der Waals surface area contributed by atoms with Gasteiger partial charge in [0.05, 0.1) is 18.3 Å². The van der Waals surface area contributed by atoms with Gasteiger partial charge in [0.25, 0.3) is 0 Å². The van der Waals surface area contributed by atoms with Crippen LogP contribution in [0, 0.1) is 12.8 Å². The minimum Gasteiger partial charge on any atom is -0.372 e. The number of nitrogens with zero attached hydrogens (tertiary/aromatic N) is 5. The lowest BCUT2D eigenvalue weighted by atomic mass is 9.96. The molecule has 4 heterocycles. The van der Waals surface area contributed by atoms with Crippen molar-refractivity contribution in [2.24, 2.45) is 5.92 Å². The first-order chi connectivity index (χ1) is 15.3. The zero-order valence-corrected chi connectivity index (χ0v) is 18.5. The largest absolute Gasteiger partial charge is 0.372 e. The molecular weight excluding hydrogens is 382 g/mol. The molecule has 0 amide bonds. The minimum absolute atomic E-state index is 0.417. The summed E-state index contributed by atoms with van der Waals surface area (Å²) in [5.74, 6) is 1.92. The highest BCUT2D eigenvalue weighted by atomic mass is 15.2. The van der Waals surface area contributed by atoms with E-state index in [4.69, 9.17) is 9.97 Å². The summed E-state index contributed by atoms with van der Waals surface area (Å²) in [7, 11) is 0. The average Bonchev–Trinajstić information content (AvgIpc) is 3.45. The Morgan fingerprint density at radius 1 is 0.903 bits per heavy atom. The van der Waals surface area contributed by atoms with Gasteiger partial charge in [0, 0.05) is 43.9 Å². The summed E-state index contributed by atoms with van der Waals surface area (Å²) in [6.07, 6.45) is 11.0. The van der Waals surface area contributed by atoms with Crippen LogP contribution in [0.5, 0.6) is 0 Å². The molecule has 1 unspecified atom stereocenters. The highest BCUT2D eigenvalue weighted by Gasteiger charge is 2.29. The molecule has 0 aliphatic carbocycles. The molecule has 2 aliphatic rings. The zero-order valence-electron chi connectivity index (χ0n) is 18.5. The van der Waals surface area contributed by atoms with E-state index in [2.05, 4.69) is 63.9 Å². The van der Waals surface area contributed by atoms with Crippen molar-refractivity contribution in [1.82, 2.24) is 19.4 Å². The molecule has 0 radical (unpaired) electrons. The lowest BCUT2D eigenvalue weighted by Gasteiger charge is -2.34. The van der Waals surface area contributed by atoms with Crippen molar-refractivity contribution in [1.29, 1.82) is 0 Å². The van der Waals surface area contributed by atoms with E-state index in [1.807, 2.05) is 18.5 Å². The third-order valence-electron chi connectivity index (χ3n) is 7.07. The molecule has 162 valence electrons. The van der Waals surface area contributed by atoms with Crippen LogP contribution in [-0.2, 0) is 13.1 Å². The summed E-state index contributed by atoms with van der Waals surface area (Å²) >= 11 is 0. The van der Waals surface area contributed by atoms with Crippen LogP contribution < -0.4 is 4.90 Å². The van der Waals surface area contributed by atoms with Gasteiger partial charge >= 0.3 is 0 Å². The summed E-state index contributed by atoms with van der Waals surface area (Å²) in [6.45, 7) is 7.60. The fraction of sp³-hybridized carbons (Fsp3) is 0.462. The second kappa shape index (κ2) is 9.23. The Labute approximate surface area is 185 Å². The smallest absolute Gasteiger partial charge is 0.122 e. The molecule has 5 rings (SSSR count). The summed E-state index contributed by atoms with van der Waals surface area (Å²) in [6, 6.07) is 15.5. The Bertz CT molecular complexity index is 974. The normalized spacial score (nSPS) is 20.4. The van der Waals surface area contributed by atoms with Crippen LogP contribution in [0.2, 0.25) is 0 Å². The first-order valence-electron chi connectivity index (χ1n) is 11.7. The Hall–Kier alpha value is -2.66. The number of benzene rings is 1. The van der Waals surface area contributed by atoms with Crippen molar-refractivity contribution in [3.63, 3.8) is 0 Å². The zero-order chi connectivity index (χ0) is 21.0. The molecule has 0 N–H and O–H groups in total. The highest BCUT2D eigenvalue weighted by molar-refractivity contribution is 5.46. The molecule has 5 nitrogen and oxygen atoms in total. The maximum Gasteiger partial charge on any atom is 0.122 e. The number of aryl methyl sites for hydroxylation is 1. The van der Waals surface area contributed by atoms with Crippen LogP contribution in [0.25, 0.3) is 0 Å². The van der Waals surface area contributed by atoms with Gasteiger partial charge in [-0.2, -0.15) is 0 Å². The fourth-order valence-corrected chi connectivity index (χ4v) is 5.30. The van der Waals surface area contributed by atoms with E-state index < -0.39 is 0 Å². The summed E-state index contributed by atoms with van der Waals surface area (Å²) < 4.78 is 2.41. The van der Waals surface area contributed by atoms with E-state index in [1.54, 1.807) is 0 Å². The van der Waals surface area contributed by atoms with Crippen molar-refractivity contribution >= 4 is 5.69 Å². The van der Waals surface area contributed by atoms with Crippen molar-refractivity contribution < 1.29 is 0 Å². The number of likely N-dealkylation sites (tertiary alicyclic amines) is 1. The Balaban J connectivity index is 1.21. The number of hydrogen-bond acceptors (Lipinski definition) is 4. The number of hydrogen-bond donors (Lipinski definition) is 0. The van der Waals surface area contributed by atoms with E-state index >= 15 is 0 Å². The average molecular weight is 416 g/mol. The number of pyridine rings is 1. The van der Waals surface area contributed by atoms with E-state index in [-0.39, 0.29) is 0 Å². The van der Waals surface area contributed by atoms with Gasteiger partial charge < -0.3 is 9.47 Å². The standard InChI is InChI=1S/C26H33N5/c1-21-7-5-13-28-26(21)24-10-6-15-30(24)20-25-27-14-18-31(25)19-22-11-16-29(17-12-22)23-8-3-2-4-9-23/h2-5,7-9,13-14,18,22,24H,6,10-12,15-17,19-20H2,1H3. The first kappa shape index (κ1) is 20.3. The van der Waals surface area contributed by atoms with Crippen LogP contribution in [0.4, 0.5) is 5.69 Å². The number of rotatable bonds is 6. The number of piperidine rings is 1. The molecule has 1 atom stereocenters. The lowest BCUT2D eigenvalue weighted by molar-refractivity contribution is 0.231. The number of anilines is 1. The van der Waals surface area contributed by atoms with Crippen LogP contribution in [0.15, 0.2) is 61.1 Å². The fourth-order valence-electron chi connectivity index (χ4n) is 5.30. The van der Waals surface area contributed by atoms with Gasteiger partial charge in [0.2, 0.25) is 0 Å². The first-order valence-corrected chi connectivity index (χ1v) is 11.7. The van der Waals surface area contributed by atoms with E-state index in [1.165, 1.54) is 48.5 Å². The second-order valence-electron chi connectivity index (χ2n) is 9.10. The third kappa shape index (κ3) is 4.52. The van der Waals surface area contributed by atoms with Crippen molar-refractivity contribution in [2.45, 2.75) is 51.7 Å². The monoisotopic (exact) mass is 415 g/mol. The predicted molar refractivity (Wildman–Crippen MR) is 125 cm³/mol. The lowest BCUT2D eigenvalue weighted by Crippen LogP contribution is -2.35.